The zero-order valence-electron chi connectivity index (χ0n) is 16.5. The van der Waals surface area contributed by atoms with Crippen LogP contribution in [0.1, 0.15) is 26.3 Å². The summed E-state index contributed by atoms with van der Waals surface area (Å²) in [5.74, 6) is 0.793. The molecule has 0 spiro atoms. The average Bonchev–Trinajstić information content (AvgIpc) is 2.68. The lowest BCUT2D eigenvalue weighted by Gasteiger charge is -2.26. The fourth-order valence-electron chi connectivity index (χ4n) is 3.24. The van der Waals surface area contributed by atoms with Crippen molar-refractivity contribution in [1.29, 1.82) is 0 Å². The molecule has 3 aromatic carbocycles. The maximum atomic E-state index is 12.6. The van der Waals surface area contributed by atoms with Crippen LogP contribution in [-0.4, -0.2) is 18.1 Å². The Hall–Kier alpha value is -2.52. The highest BCUT2D eigenvalue weighted by molar-refractivity contribution is 6.30. The Morgan fingerprint density at radius 3 is 2.46 bits per heavy atom. The van der Waals surface area contributed by atoms with Crippen LogP contribution < -0.4 is 10.1 Å². The lowest BCUT2D eigenvalue weighted by Crippen LogP contribution is -2.47. The molecule has 3 rings (SSSR count). The summed E-state index contributed by atoms with van der Waals surface area (Å²) in [5.41, 5.74) is 0.337. The topological polar surface area (TPSA) is 38.3 Å². The first-order valence-electron chi connectivity index (χ1n) is 9.55. The van der Waals surface area contributed by atoms with Crippen molar-refractivity contribution in [1.82, 2.24) is 5.32 Å². The summed E-state index contributed by atoms with van der Waals surface area (Å²) in [7, 11) is 0. The molecule has 0 saturated carbocycles. The molecule has 1 atom stereocenters. The van der Waals surface area contributed by atoms with Crippen molar-refractivity contribution in [2.45, 2.75) is 32.8 Å². The molecule has 28 heavy (non-hydrogen) atoms. The molecule has 4 heteroatoms. The molecule has 3 aromatic rings. The Bertz CT molecular complexity index is 945. The van der Waals surface area contributed by atoms with Gasteiger partial charge in [-0.1, -0.05) is 61.0 Å². The van der Waals surface area contributed by atoms with Crippen LogP contribution in [0.4, 0.5) is 0 Å². The second kappa shape index (κ2) is 8.66. The minimum atomic E-state index is -0.965. The minimum absolute atomic E-state index is 0.132. The summed E-state index contributed by atoms with van der Waals surface area (Å²) in [6, 6.07) is 21.8. The third kappa shape index (κ3) is 5.05. The van der Waals surface area contributed by atoms with Crippen LogP contribution in [0.3, 0.4) is 0 Å². The molecule has 0 radical (unpaired) electrons. The molecule has 0 aromatic heterocycles. The summed E-state index contributed by atoms with van der Waals surface area (Å²) >= 11 is 5.90. The van der Waals surface area contributed by atoms with E-state index in [9.17, 15) is 4.79 Å². The molecular weight excluding hydrogens is 370 g/mol. The quantitative estimate of drug-likeness (QED) is 0.561. The number of amides is 1. The molecule has 0 aliphatic heterocycles. The maximum Gasteiger partial charge on any atom is 0.263 e. The second-order valence-corrected chi connectivity index (χ2v) is 8.16. The Balaban J connectivity index is 1.57. The predicted molar refractivity (Wildman–Crippen MR) is 116 cm³/mol. The second-order valence-electron chi connectivity index (χ2n) is 7.72. The molecular formula is C24H26ClNO2. The van der Waals surface area contributed by atoms with Gasteiger partial charge in [0.15, 0.2) is 5.60 Å². The highest BCUT2D eigenvalue weighted by atomic mass is 35.5. The Morgan fingerprint density at radius 2 is 1.71 bits per heavy atom. The van der Waals surface area contributed by atoms with Crippen LogP contribution in [0.25, 0.3) is 10.8 Å². The van der Waals surface area contributed by atoms with Crippen molar-refractivity contribution in [3.63, 3.8) is 0 Å². The van der Waals surface area contributed by atoms with Crippen LogP contribution in [-0.2, 0) is 11.2 Å². The van der Waals surface area contributed by atoms with Crippen molar-refractivity contribution < 1.29 is 9.53 Å². The van der Waals surface area contributed by atoms with Gasteiger partial charge in [0.2, 0.25) is 0 Å². The number of nitrogens with one attached hydrogen (secondary N) is 1. The number of fused-ring (bicyclic) bond motifs is 1. The zero-order chi connectivity index (χ0) is 20.1. The number of benzene rings is 3. The summed E-state index contributed by atoms with van der Waals surface area (Å²) in [4.78, 5) is 12.6. The Morgan fingerprint density at radius 1 is 1.04 bits per heavy atom. The van der Waals surface area contributed by atoms with Crippen LogP contribution in [0, 0.1) is 5.92 Å². The molecule has 0 aliphatic carbocycles. The summed E-state index contributed by atoms with van der Waals surface area (Å²) in [5, 5.41) is 6.19. The van der Waals surface area contributed by atoms with Crippen molar-refractivity contribution in [3.8, 4) is 5.75 Å². The van der Waals surface area contributed by atoms with Crippen LogP contribution >= 0.6 is 11.6 Å². The van der Waals surface area contributed by atoms with E-state index in [2.05, 4.69) is 54.7 Å². The van der Waals surface area contributed by atoms with Gasteiger partial charge in [0, 0.05) is 11.6 Å². The number of carbonyl (C=O) groups excluding carboxylic acids is 1. The SMILES string of the molecule is CC(CNC(=O)C(C)(C)Oc1ccc(Cl)cc1)Cc1cccc2ccccc12. The third-order valence-corrected chi connectivity index (χ3v) is 5.04. The van der Waals surface area contributed by atoms with Crippen LogP contribution in [0.15, 0.2) is 66.7 Å². The van der Waals surface area contributed by atoms with Gasteiger partial charge in [0.05, 0.1) is 0 Å². The maximum absolute atomic E-state index is 12.6. The van der Waals surface area contributed by atoms with Crippen molar-refractivity contribution in [3.05, 3.63) is 77.3 Å². The van der Waals surface area contributed by atoms with E-state index in [1.54, 1.807) is 38.1 Å². The van der Waals surface area contributed by atoms with Gasteiger partial charge in [-0.05, 0) is 66.8 Å². The number of hydrogen-bond donors (Lipinski definition) is 1. The van der Waals surface area contributed by atoms with Gasteiger partial charge >= 0.3 is 0 Å². The molecule has 0 bridgehead atoms. The van der Waals surface area contributed by atoms with E-state index in [1.165, 1.54) is 16.3 Å². The molecule has 0 aliphatic rings. The summed E-state index contributed by atoms with van der Waals surface area (Å²) in [6.45, 7) is 6.28. The van der Waals surface area contributed by atoms with Crippen molar-refractivity contribution in [2.75, 3.05) is 6.54 Å². The molecule has 146 valence electrons. The van der Waals surface area contributed by atoms with Gasteiger partial charge < -0.3 is 10.1 Å². The van der Waals surface area contributed by atoms with Crippen molar-refractivity contribution >= 4 is 28.3 Å². The molecule has 0 heterocycles. The summed E-state index contributed by atoms with van der Waals surface area (Å²) < 4.78 is 5.86. The van der Waals surface area contributed by atoms with Gasteiger partial charge in [0.25, 0.3) is 5.91 Å². The predicted octanol–water partition coefficient (Wildman–Crippen LogP) is 5.65. The van der Waals surface area contributed by atoms with Gasteiger partial charge in [-0.3, -0.25) is 4.79 Å². The number of carbonyl (C=O) groups is 1. The molecule has 1 amide bonds. The lowest BCUT2D eigenvalue weighted by molar-refractivity contribution is -0.134. The first kappa shape index (κ1) is 20.2. The Kier molecular flexibility index (Phi) is 6.25. The van der Waals surface area contributed by atoms with Gasteiger partial charge in [0.1, 0.15) is 5.75 Å². The van der Waals surface area contributed by atoms with E-state index in [0.717, 1.165) is 6.42 Å². The highest BCUT2D eigenvalue weighted by Gasteiger charge is 2.30. The monoisotopic (exact) mass is 395 g/mol. The fourth-order valence-corrected chi connectivity index (χ4v) is 3.37. The number of rotatable bonds is 7. The van der Waals surface area contributed by atoms with Crippen molar-refractivity contribution in [2.24, 2.45) is 5.92 Å². The van der Waals surface area contributed by atoms with E-state index in [1.807, 2.05) is 0 Å². The molecule has 0 saturated heterocycles. The highest BCUT2D eigenvalue weighted by Crippen LogP contribution is 2.22. The smallest absolute Gasteiger partial charge is 0.263 e. The summed E-state index contributed by atoms with van der Waals surface area (Å²) in [6.07, 6.45) is 0.903. The first-order valence-corrected chi connectivity index (χ1v) is 9.92. The average molecular weight is 396 g/mol. The van der Waals surface area contributed by atoms with Gasteiger partial charge in [-0.25, -0.2) is 0 Å². The van der Waals surface area contributed by atoms with Gasteiger partial charge in [-0.2, -0.15) is 0 Å². The molecule has 0 fully saturated rings. The van der Waals surface area contributed by atoms with E-state index >= 15 is 0 Å². The Labute approximate surface area is 171 Å². The largest absolute Gasteiger partial charge is 0.478 e. The van der Waals surface area contributed by atoms with Crippen LogP contribution in [0.5, 0.6) is 5.75 Å². The minimum Gasteiger partial charge on any atom is -0.478 e. The number of ether oxygens (including phenoxy) is 1. The molecule has 1 N–H and O–H groups in total. The fraction of sp³-hybridized carbons (Fsp3) is 0.292. The van der Waals surface area contributed by atoms with E-state index in [-0.39, 0.29) is 5.91 Å². The van der Waals surface area contributed by atoms with Crippen LogP contribution in [0.2, 0.25) is 5.02 Å². The van der Waals surface area contributed by atoms with E-state index < -0.39 is 5.60 Å². The molecule has 1 unspecified atom stereocenters. The van der Waals surface area contributed by atoms with E-state index in [0.29, 0.717) is 23.2 Å². The standard InChI is InChI=1S/C24H26ClNO2/c1-17(15-19-9-6-8-18-7-4-5-10-22(18)19)16-26-23(27)24(2,3)28-21-13-11-20(25)12-14-21/h4-14,17H,15-16H2,1-3H3,(H,26,27). The van der Waals surface area contributed by atoms with E-state index in [4.69, 9.17) is 16.3 Å². The normalized spacial score (nSPS) is 12.6. The van der Waals surface area contributed by atoms with Gasteiger partial charge in [-0.15, -0.1) is 0 Å². The lowest BCUT2D eigenvalue weighted by atomic mass is 9.95. The third-order valence-electron chi connectivity index (χ3n) is 4.79. The zero-order valence-corrected chi connectivity index (χ0v) is 17.3. The first-order chi connectivity index (χ1) is 13.3. The molecule has 3 nitrogen and oxygen atoms in total. The number of halogens is 1. The number of hydrogen-bond acceptors (Lipinski definition) is 2.